The fraction of sp³-hybridized carbons (Fsp3) is 0.686. The minimum absolute atomic E-state index is 0.135. The highest BCUT2D eigenvalue weighted by Crippen LogP contribution is 2.75. The molecule has 2 N–H and O–H groups in total. The number of carbonyl (C=O) groups is 2. The predicted octanol–water partition coefficient (Wildman–Crippen LogP) is 7.94. The van der Waals surface area contributed by atoms with E-state index in [1.807, 2.05) is 12.1 Å². The molecular weight excluding hydrogens is 542 g/mol. The molecule has 3 saturated carbocycles. The smallest absolute Gasteiger partial charge is 0.319 e. The number of carboxylic acid groups (broad SMARTS) is 1. The van der Waals surface area contributed by atoms with E-state index in [0.717, 1.165) is 79.2 Å². The first kappa shape index (κ1) is 31.3. The Morgan fingerprint density at radius 3 is 2.38 bits per heavy atom. The maximum absolute atomic E-state index is 14.8. The van der Waals surface area contributed by atoms with Gasteiger partial charge in [-0.15, -0.1) is 11.8 Å². The zero-order chi connectivity index (χ0) is 30.5. The van der Waals surface area contributed by atoms with Crippen LogP contribution in [0.1, 0.15) is 117 Å². The standard InChI is InChI=1S/C35H51N3O3S/c1-8-9-13-22-38-23(2)28(36-29(38)24-16-18-26(19-17-24)42-33(5,6)31(40)41)35-27(32(35,3)4)20-21-34(7,30(35)39)37-25-14-11-10-12-15-25/h16-19,25,27,37H,8-15,20-22H2,1-7H3,(H,40,41). The summed E-state index contributed by atoms with van der Waals surface area (Å²) in [6.07, 6.45) is 11.4. The Bertz CT molecular complexity index is 1320. The van der Waals surface area contributed by atoms with Crippen LogP contribution in [0.3, 0.4) is 0 Å². The van der Waals surface area contributed by atoms with E-state index in [0.29, 0.717) is 17.7 Å². The summed E-state index contributed by atoms with van der Waals surface area (Å²) in [5, 5.41) is 13.5. The van der Waals surface area contributed by atoms with Crippen LogP contribution in [0.4, 0.5) is 0 Å². The lowest BCUT2D eigenvalue weighted by Gasteiger charge is -2.41. The van der Waals surface area contributed by atoms with Crippen molar-refractivity contribution in [3.8, 4) is 11.4 Å². The third kappa shape index (κ3) is 5.16. The molecule has 1 aromatic heterocycles. The van der Waals surface area contributed by atoms with E-state index in [2.05, 4.69) is 56.6 Å². The van der Waals surface area contributed by atoms with Gasteiger partial charge >= 0.3 is 5.97 Å². The Morgan fingerprint density at radius 2 is 1.76 bits per heavy atom. The monoisotopic (exact) mass is 593 g/mol. The maximum Gasteiger partial charge on any atom is 0.319 e. The lowest BCUT2D eigenvalue weighted by atomic mass is 9.71. The first-order valence-electron chi connectivity index (χ1n) is 16.2. The van der Waals surface area contributed by atoms with Gasteiger partial charge < -0.3 is 15.0 Å². The van der Waals surface area contributed by atoms with Crippen molar-refractivity contribution >= 4 is 23.5 Å². The number of rotatable bonds is 11. The third-order valence-electron chi connectivity index (χ3n) is 10.8. The molecule has 0 saturated heterocycles. The van der Waals surface area contributed by atoms with E-state index in [4.69, 9.17) is 4.98 Å². The van der Waals surface area contributed by atoms with Crippen molar-refractivity contribution in [1.82, 2.24) is 14.9 Å². The minimum Gasteiger partial charge on any atom is -0.480 e. The highest BCUT2D eigenvalue weighted by molar-refractivity contribution is 8.01. The van der Waals surface area contributed by atoms with Gasteiger partial charge in [0, 0.05) is 28.7 Å². The molecule has 3 aliphatic carbocycles. The molecule has 0 spiro atoms. The molecule has 2 aromatic rings. The van der Waals surface area contributed by atoms with Crippen LogP contribution < -0.4 is 5.32 Å². The molecule has 0 radical (unpaired) electrons. The highest BCUT2D eigenvalue weighted by Gasteiger charge is 2.80. The summed E-state index contributed by atoms with van der Waals surface area (Å²) in [6.45, 7) is 15.5. The van der Waals surface area contributed by atoms with Gasteiger partial charge in [0.05, 0.1) is 16.6 Å². The molecule has 7 heteroatoms. The van der Waals surface area contributed by atoms with Gasteiger partial charge in [-0.3, -0.25) is 9.59 Å². The molecule has 0 bridgehead atoms. The van der Waals surface area contributed by atoms with Crippen LogP contribution in [0.2, 0.25) is 0 Å². The van der Waals surface area contributed by atoms with Crippen molar-refractivity contribution in [3.63, 3.8) is 0 Å². The Balaban J connectivity index is 1.53. The highest BCUT2D eigenvalue weighted by atomic mass is 32.2. The summed E-state index contributed by atoms with van der Waals surface area (Å²) >= 11 is 1.35. The fourth-order valence-electron chi connectivity index (χ4n) is 8.22. The van der Waals surface area contributed by atoms with E-state index in [9.17, 15) is 14.7 Å². The second kappa shape index (κ2) is 11.4. The number of carboxylic acids is 1. The second-order valence-electron chi connectivity index (χ2n) is 14.4. The quantitative estimate of drug-likeness (QED) is 0.203. The van der Waals surface area contributed by atoms with Crippen LogP contribution in [-0.2, 0) is 21.5 Å². The number of nitrogens with one attached hydrogen (secondary N) is 1. The molecule has 6 nitrogen and oxygen atoms in total. The van der Waals surface area contributed by atoms with Gasteiger partial charge in [0.2, 0.25) is 0 Å². The summed E-state index contributed by atoms with van der Waals surface area (Å²) < 4.78 is 1.44. The molecular formula is C35H51N3O3S. The van der Waals surface area contributed by atoms with E-state index in [-0.39, 0.29) is 5.41 Å². The number of hydrogen-bond acceptors (Lipinski definition) is 5. The summed E-state index contributed by atoms with van der Waals surface area (Å²) in [6, 6.07) is 8.56. The van der Waals surface area contributed by atoms with Gasteiger partial charge in [0.15, 0.2) is 5.78 Å². The van der Waals surface area contributed by atoms with Gasteiger partial charge in [-0.05, 0) is 83.3 Å². The predicted molar refractivity (Wildman–Crippen MR) is 171 cm³/mol. The lowest BCUT2D eigenvalue weighted by Crippen LogP contribution is -2.60. The van der Waals surface area contributed by atoms with Crippen molar-refractivity contribution in [3.05, 3.63) is 35.7 Å². The average molecular weight is 594 g/mol. The maximum atomic E-state index is 14.8. The molecule has 5 rings (SSSR count). The largest absolute Gasteiger partial charge is 0.480 e. The molecule has 0 aliphatic heterocycles. The molecule has 3 unspecified atom stereocenters. The fourth-order valence-corrected chi connectivity index (χ4v) is 9.17. The molecule has 42 heavy (non-hydrogen) atoms. The SMILES string of the molecule is CCCCCn1c(-c2ccc(SC(C)(C)C(=O)O)cc2)nc(C23C(=O)C(C)(NC4CCCCC4)CCC2C3(C)C)c1C. The average Bonchev–Trinajstić information content (AvgIpc) is 3.27. The number of Topliss-reactive ketones (excluding diaryl/α,β-unsaturated/α-hetero) is 1. The van der Waals surface area contributed by atoms with Gasteiger partial charge in [-0.1, -0.05) is 65.0 Å². The zero-order valence-corrected chi connectivity index (χ0v) is 27.6. The van der Waals surface area contributed by atoms with E-state index in [1.165, 1.54) is 31.0 Å². The number of imidazole rings is 1. The summed E-state index contributed by atoms with van der Waals surface area (Å²) in [5.41, 5.74) is 1.88. The zero-order valence-electron chi connectivity index (χ0n) is 26.8. The number of benzene rings is 1. The molecule has 1 heterocycles. The van der Waals surface area contributed by atoms with E-state index in [1.54, 1.807) is 13.8 Å². The van der Waals surface area contributed by atoms with Gasteiger partial charge in [-0.2, -0.15) is 0 Å². The number of fused-ring (bicyclic) bond motifs is 1. The van der Waals surface area contributed by atoms with Crippen molar-refractivity contribution in [2.45, 2.75) is 146 Å². The van der Waals surface area contributed by atoms with Crippen LogP contribution >= 0.6 is 11.8 Å². The number of hydrogen-bond donors (Lipinski definition) is 2. The van der Waals surface area contributed by atoms with Crippen LogP contribution in [0.15, 0.2) is 29.2 Å². The van der Waals surface area contributed by atoms with Crippen molar-refractivity contribution < 1.29 is 14.7 Å². The molecule has 0 amide bonds. The van der Waals surface area contributed by atoms with E-state index < -0.39 is 21.7 Å². The summed E-state index contributed by atoms with van der Waals surface area (Å²) in [5.74, 6) is 0.744. The molecule has 3 aliphatic rings. The second-order valence-corrected chi connectivity index (χ2v) is 16.1. The molecule has 3 atom stereocenters. The van der Waals surface area contributed by atoms with Gasteiger partial charge in [-0.25, -0.2) is 4.98 Å². The van der Waals surface area contributed by atoms with Crippen molar-refractivity contribution in [2.75, 3.05) is 0 Å². The van der Waals surface area contributed by atoms with Crippen LogP contribution in [0.5, 0.6) is 0 Å². The first-order chi connectivity index (χ1) is 19.8. The Kier molecular flexibility index (Phi) is 8.52. The number of carbonyl (C=O) groups excluding carboxylic acids is 1. The Hall–Kier alpha value is -2.12. The number of aromatic nitrogens is 2. The first-order valence-corrected chi connectivity index (χ1v) is 17.0. The molecule has 230 valence electrons. The van der Waals surface area contributed by atoms with Gasteiger partial charge in [0.25, 0.3) is 0 Å². The number of aliphatic carboxylic acids is 1. The normalized spacial score (nSPS) is 27.6. The molecule has 1 aromatic carbocycles. The van der Waals surface area contributed by atoms with E-state index >= 15 is 0 Å². The topological polar surface area (TPSA) is 84.2 Å². The third-order valence-corrected chi connectivity index (χ3v) is 12.0. The number of ketones is 1. The van der Waals surface area contributed by atoms with Gasteiger partial charge in [0.1, 0.15) is 10.6 Å². The summed E-state index contributed by atoms with van der Waals surface area (Å²) in [4.78, 5) is 32.8. The number of thioether (sulfide) groups is 1. The Morgan fingerprint density at radius 1 is 1.10 bits per heavy atom. The minimum atomic E-state index is -0.907. The van der Waals surface area contributed by atoms with Crippen molar-refractivity contribution in [1.29, 1.82) is 0 Å². The van der Waals surface area contributed by atoms with Crippen LogP contribution in [0, 0.1) is 18.3 Å². The Labute approximate surface area is 256 Å². The summed E-state index contributed by atoms with van der Waals surface area (Å²) in [7, 11) is 0. The van der Waals surface area contributed by atoms with Crippen molar-refractivity contribution in [2.24, 2.45) is 11.3 Å². The van der Waals surface area contributed by atoms with Crippen LogP contribution in [-0.4, -0.2) is 42.7 Å². The number of unbranched alkanes of at least 4 members (excludes halogenated alkanes) is 2. The van der Waals surface area contributed by atoms with Crippen LogP contribution in [0.25, 0.3) is 11.4 Å². The molecule has 3 fully saturated rings. The number of nitrogens with zero attached hydrogens (tertiary/aromatic N) is 2. The lowest BCUT2D eigenvalue weighted by molar-refractivity contribution is -0.138.